The van der Waals surface area contributed by atoms with Gasteiger partial charge in [0.25, 0.3) is 0 Å². The zero-order valence-electron chi connectivity index (χ0n) is 13.6. The van der Waals surface area contributed by atoms with Crippen LogP contribution in [0.5, 0.6) is 5.75 Å². The van der Waals surface area contributed by atoms with E-state index in [0.717, 1.165) is 37.9 Å². The first-order chi connectivity index (χ1) is 9.76. The third kappa shape index (κ3) is 8.73. The molecule has 0 saturated carbocycles. The van der Waals surface area contributed by atoms with Gasteiger partial charge in [-0.3, -0.25) is 4.79 Å². The molecule has 0 aliphatic rings. The molecule has 0 spiro atoms. The molecule has 20 heavy (non-hydrogen) atoms. The van der Waals surface area contributed by atoms with E-state index in [2.05, 4.69) is 12.1 Å². The van der Waals surface area contributed by atoms with Crippen molar-refractivity contribution in [2.24, 2.45) is 0 Å². The first-order valence-electron chi connectivity index (χ1n) is 7.99. The van der Waals surface area contributed by atoms with Gasteiger partial charge in [0.2, 0.25) is 0 Å². The largest absolute Gasteiger partial charge is 0.494 e. The molecular weight excluding hydrogens is 248 g/mol. The Kier molecular flexibility index (Phi) is 11.9. The molecule has 0 atom stereocenters. The summed E-state index contributed by atoms with van der Waals surface area (Å²) in [5, 5.41) is 0. The van der Waals surface area contributed by atoms with Gasteiger partial charge in [-0.1, -0.05) is 39.3 Å². The van der Waals surface area contributed by atoms with E-state index in [1.54, 1.807) is 0 Å². The Morgan fingerprint density at radius 3 is 2.50 bits per heavy atom. The minimum Gasteiger partial charge on any atom is -0.494 e. The molecule has 1 aromatic carbocycles. The fourth-order valence-electron chi connectivity index (χ4n) is 1.96. The lowest BCUT2D eigenvalue weighted by molar-refractivity contribution is -0.118. The van der Waals surface area contributed by atoms with Crippen LogP contribution in [-0.2, 0) is 11.2 Å². The van der Waals surface area contributed by atoms with E-state index in [-0.39, 0.29) is 0 Å². The van der Waals surface area contributed by atoms with Crippen LogP contribution in [-0.4, -0.2) is 12.4 Å². The van der Waals surface area contributed by atoms with Crippen molar-refractivity contribution in [3.8, 4) is 5.75 Å². The Bertz CT molecular complexity index is 358. The second-order valence-corrected chi connectivity index (χ2v) is 4.53. The van der Waals surface area contributed by atoms with Gasteiger partial charge in [0.15, 0.2) is 0 Å². The molecule has 0 heterocycles. The van der Waals surface area contributed by atoms with Gasteiger partial charge in [0, 0.05) is 12.8 Å². The molecule has 0 radical (unpaired) electrons. The third-order valence-corrected chi connectivity index (χ3v) is 3.02. The minimum atomic E-state index is 0.383. The summed E-state index contributed by atoms with van der Waals surface area (Å²) in [6, 6.07) is 8.29. The van der Waals surface area contributed by atoms with Crippen molar-refractivity contribution < 1.29 is 9.53 Å². The quantitative estimate of drug-likeness (QED) is 0.581. The molecule has 2 nitrogen and oxygen atoms in total. The number of ether oxygens (including phenoxy) is 1. The molecule has 0 unspecified atom stereocenters. The van der Waals surface area contributed by atoms with Crippen LogP contribution in [0.2, 0.25) is 0 Å². The molecule has 0 amide bonds. The van der Waals surface area contributed by atoms with E-state index in [0.29, 0.717) is 18.8 Å². The average molecular weight is 278 g/mol. The minimum absolute atomic E-state index is 0.383. The molecule has 1 rings (SSSR count). The summed E-state index contributed by atoms with van der Waals surface area (Å²) in [5.74, 6) is 1.34. The number of hydrogen-bond acceptors (Lipinski definition) is 2. The summed E-state index contributed by atoms with van der Waals surface area (Å²) in [6.07, 6.45) is 5.79. The standard InChI is InChI=1S/C16H24O2.C2H6/c1-3-15(17)11-7-5-6-9-14-10-8-12-16(13-14)18-4-2;1-2/h8,10,12-13H,3-7,9,11H2,1-2H3;1-2H3. The predicted octanol–water partition coefficient (Wildman–Crippen LogP) is 5.19. The smallest absolute Gasteiger partial charge is 0.132 e. The highest BCUT2D eigenvalue weighted by molar-refractivity contribution is 5.77. The van der Waals surface area contributed by atoms with Crippen LogP contribution < -0.4 is 4.74 Å². The zero-order chi connectivity index (χ0) is 15.2. The van der Waals surface area contributed by atoms with Crippen LogP contribution in [0.1, 0.15) is 65.4 Å². The van der Waals surface area contributed by atoms with E-state index in [4.69, 9.17) is 4.74 Å². The number of carbonyl (C=O) groups excluding carboxylic acids is 1. The van der Waals surface area contributed by atoms with Gasteiger partial charge >= 0.3 is 0 Å². The molecule has 1 aromatic rings. The van der Waals surface area contributed by atoms with Crippen molar-refractivity contribution in [2.45, 2.75) is 66.2 Å². The Hall–Kier alpha value is -1.31. The highest BCUT2D eigenvalue weighted by Crippen LogP contribution is 2.15. The van der Waals surface area contributed by atoms with Crippen molar-refractivity contribution in [3.05, 3.63) is 29.8 Å². The molecule has 0 aliphatic heterocycles. The summed E-state index contributed by atoms with van der Waals surface area (Å²) in [5.41, 5.74) is 1.32. The molecule has 114 valence electrons. The maximum Gasteiger partial charge on any atom is 0.132 e. The van der Waals surface area contributed by atoms with Crippen molar-refractivity contribution >= 4 is 5.78 Å². The fourth-order valence-corrected chi connectivity index (χ4v) is 1.96. The van der Waals surface area contributed by atoms with E-state index < -0.39 is 0 Å². The highest BCUT2D eigenvalue weighted by atomic mass is 16.5. The molecule has 0 saturated heterocycles. The second-order valence-electron chi connectivity index (χ2n) is 4.53. The van der Waals surface area contributed by atoms with Gasteiger partial charge in [-0.05, 0) is 43.9 Å². The maximum absolute atomic E-state index is 11.1. The van der Waals surface area contributed by atoms with E-state index in [1.807, 2.05) is 39.8 Å². The highest BCUT2D eigenvalue weighted by Gasteiger charge is 1.99. The van der Waals surface area contributed by atoms with Crippen molar-refractivity contribution in [2.75, 3.05) is 6.61 Å². The van der Waals surface area contributed by atoms with Crippen molar-refractivity contribution in [1.29, 1.82) is 0 Å². The van der Waals surface area contributed by atoms with Gasteiger partial charge in [-0.15, -0.1) is 0 Å². The third-order valence-electron chi connectivity index (χ3n) is 3.02. The Labute approximate surface area is 124 Å². The average Bonchev–Trinajstić information content (AvgIpc) is 2.49. The predicted molar refractivity (Wildman–Crippen MR) is 86.4 cm³/mol. The summed E-state index contributed by atoms with van der Waals surface area (Å²) in [7, 11) is 0. The van der Waals surface area contributed by atoms with Crippen molar-refractivity contribution in [3.63, 3.8) is 0 Å². The van der Waals surface area contributed by atoms with E-state index in [1.165, 1.54) is 5.56 Å². The summed E-state index contributed by atoms with van der Waals surface area (Å²) in [6.45, 7) is 8.64. The van der Waals surface area contributed by atoms with Crippen LogP contribution in [0.15, 0.2) is 24.3 Å². The SMILES string of the molecule is CC.CCOc1cccc(CCCCCC(=O)CC)c1. The normalized spacial score (nSPS) is 9.60. The number of aryl methyl sites for hydroxylation is 1. The molecule has 0 aliphatic carbocycles. The second kappa shape index (κ2) is 12.7. The Morgan fingerprint density at radius 1 is 1.10 bits per heavy atom. The molecule has 0 N–H and O–H groups in total. The van der Waals surface area contributed by atoms with Gasteiger partial charge in [-0.25, -0.2) is 0 Å². The summed E-state index contributed by atoms with van der Waals surface area (Å²) >= 11 is 0. The lowest BCUT2D eigenvalue weighted by Crippen LogP contribution is -1.95. The number of benzene rings is 1. The van der Waals surface area contributed by atoms with Gasteiger partial charge in [0.05, 0.1) is 6.61 Å². The molecule has 2 heteroatoms. The number of carbonyl (C=O) groups is 1. The summed E-state index contributed by atoms with van der Waals surface area (Å²) < 4.78 is 5.48. The molecule has 0 bridgehead atoms. The van der Waals surface area contributed by atoms with Gasteiger partial charge in [0.1, 0.15) is 11.5 Å². The number of hydrogen-bond donors (Lipinski definition) is 0. The van der Waals surface area contributed by atoms with Crippen molar-refractivity contribution in [1.82, 2.24) is 0 Å². The monoisotopic (exact) mass is 278 g/mol. The number of ketones is 1. The molecule has 0 aromatic heterocycles. The fraction of sp³-hybridized carbons (Fsp3) is 0.611. The van der Waals surface area contributed by atoms with Crippen LogP contribution in [0.25, 0.3) is 0 Å². The van der Waals surface area contributed by atoms with Crippen LogP contribution >= 0.6 is 0 Å². The first kappa shape index (κ1) is 18.7. The number of unbranched alkanes of at least 4 members (excludes halogenated alkanes) is 2. The number of rotatable bonds is 9. The topological polar surface area (TPSA) is 26.3 Å². The lowest BCUT2D eigenvalue weighted by Gasteiger charge is -2.06. The first-order valence-corrected chi connectivity index (χ1v) is 7.99. The zero-order valence-corrected chi connectivity index (χ0v) is 13.6. The Balaban J connectivity index is 0.00000172. The molecule has 0 fully saturated rings. The van der Waals surface area contributed by atoms with E-state index in [9.17, 15) is 4.79 Å². The van der Waals surface area contributed by atoms with Crippen LogP contribution in [0.4, 0.5) is 0 Å². The lowest BCUT2D eigenvalue weighted by atomic mass is 10.0. The summed E-state index contributed by atoms with van der Waals surface area (Å²) in [4.78, 5) is 11.1. The molecular formula is C18H30O2. The van der Waals surface area contributed by atoms with Crippen LogP contribution in [0.3, 0.4) is 0 Å². The number of Topliss-reactive ketones (excluding diaryl/α,β-unsaturated/α-hetero) is 1. The van der Waals surface area contributed by atoms with Gasteiger partial charge < -0.3 is 4.74 Å². The van der Waals surface area contributed by atoms with E-state index >= 15 is 0 Å². The Morgan fingerprint density at radius 2 is 1.85 bits per heavy atom. The van der Waals surface area contributed by atoms with Gasteiger partial charge in [-0.2, -0.15) is 0 Å². The maximum atomic E-state index is 11.1. The van der Waals surface area contributed by atoms with Crippen LogP contribution in [0, 0.1) is 0 Å².